The summed E-state index contributed by atoms with van der Waals surface area (Å²) in [6.07, 6.45) is 0.265. The molecule has 1 saturated heterocycles. The largest absolute Gasteiger partial charge is 1.00 e. The third-order valence-electron chi connectivity index (χ3n) is 4.71. The number of nitrogens with zero attached hydrogens (tertiary/aromatic N) is 2. The summed E-state index contributed by atoms with van der Waals surface area (Å²) < 4.78 is 26.5. The van der Waals surface area contributed by atoms with Crippen LogP contribution in [0.4, 0.5) is 0 Å². The maximum absolute atomic E-state index is 12.4. The van der Waals surface area contributed by atoms with E-state index in [9.17, 15) is 24.4 Å². The van der Waals surface area contributed by atoms with Crippen molar-refractivity contribution in [3.05, 3.63) is 29.3 Å². The predicted octanol–water partition coefficient (Wildman–Crippen LogP) is -5.41. The smallest absolute Gasteiger partial charge is 0.790 e. The second-order valence-corrected chi connectivity index (χ2v) is 8.14. The predicted molar refractivity (Wildman–Crippen MR) is 88.0 cm³/mol. The topological polar surface area (TPSA) is 135 Å². The first-order valence-corrected chi connectivity index (χ1v) is 9.89. The van der Waals surface area contributed by atoms with E-state index in [0.717, 1.165) is 0 Å². The molecule has 2 heterocycles. The Bertz CT molecular complexity index is 840. The van der Waals surface area contributed by atoms with Gasteiger partial charge in [-0.05, 0) is 38.5 Å². The summed E-state index contributed by atoms with van der Waals surface area (Å²) in [7, 11) is -5.20. The first kappa shape index (κ1) is 27.1. The van der Waals surface area contributed by atoms with Crippen LogP contribution in [0.1, 0.15) is 43.9 Å². The Morgan fingerprint density at radius 1 is 1.38 bits per heavy atom. The Kier molecular flexibility index (Phi) is 9.88. The van der Waals surface area contributed by atoms with Crippen molar-refractivity contribution in [1.29, 1.82) is 5.26 Å². The second kappa shape index (κ2) is 10.6. The van der Waals surface area contributed by atoms with E-state index >= 15 is 0 Å². The maximum Gasteiger partial charge on any atom is 1.00 e. The van der Waals surface area contributed by atoms with E-state index in [0.29, 0.717) is 36.3 Å². The summed E-state index contributed by atoms with van der Waals surface area (Å²) in [5, 5.41) is 9.22. The Hall–Kier alpha value is 0.0500. The van der Waals surface area contributed by atoms with Gasteiger partial charge in [-0.15, -0.1) is 0 Å². The average Bonchev–Trinajstić information content (AvgIpc) is 2.99. The number of nitriles is 1. The number of phosphoric ester groups is 1. The molecule has 0 N–H and O–H groups in total. The van der Waals surface area contributed by atoms with E-state index < -0.39 is 32.4 Å². The Labute approximate surface area is 213 Å². The number of rotatable bonds is 5. The molecule has 0 aliphatic carbocycles. The first-order chi connectivity index (χ1) is 12.6. The van der Waals surface area contributed by atoms with Crippen LogP contribution in [0.15, 0.2) is 18.2 Å². The Morgan fingerprint density at radius 2 is 2.07 bits per heavy atom. The third-order valence-corrected chi connectivity index (χ3v) is 5.13. The van der Waals surface area contributed by atoms with Crippen molar-refractivity contribution in [2.24, 2.45) is 0 Å². The van der Waals surface area contributed by atoms with Gasteiger partial charge in [-0.25, -0.2) is 0 Å². The number of carbonyl (C=O) groups excluding carboxylic acids is 1. The van der Waals surface area contributed by atoms with Gasteiger partial charge in [0.25, 0.3) is 0 Å². The molecule has 1 aromatic carbocycles. The molecule has 1 fully saturated rings. The molecule has 0 bridgehead atoms. The number of benzene rings is 1. The van der Waals surface area contributed by atoms with Crippen molar-refractivity contribution < 1.29 is 92.3 Å². The molecule has 12 heteroatoms. The summed E-state index contributed by atoms with van der Waals surface area (Å²) in [4.78, 5) is 35.5. The number of likely N-dealkylation sites (tertiary alicyclic amines) is 1. The molecule has 0 aromatic heterocycles. The molecule has 2 atom stereocenters. The minimum absolute atomic E-state index is 0. The number of hydrogen-bond acceptors (Lipinski definition) is 8. The van der Waals surface area contributed by atoms with Crippen LogP contribution in [0.2, 0.25) is 0 Å². The molecule has 3 rings (SSSR count). The molecule has 2 aliphatic rings. The Morgan fingerprint density at radius 3 is 2.62 bits per heavy atom. The van der Waals surface area contributed by atoms with Crippen LogP contribution in [-0.4, -0.2) is 35.8 Å². The van der Waals surface area contributed by atoms with Gasteiger partial charge in [-0.3, -0.25) is 4.79 Å². The van der Waals surface area contributed by atoms with Gasteiger partial charge in [0.05, 0.1) is 25.5 Å². The number of phosphoric acid groups is 1. The molecule has 9 nitrogen and oxygen atoms in total. The van der Waals surface area contributed by atoms with Gasteiger partial charge in [0.15, 0.2) is 6.79 Å². The standard InChI is InChI=1S/C17H21N2O7P.2Na/c1-17(2)16(24-10-25-27(21,22)23)15(19-7-3-4-14(19)20)12-8-11(9-18)5-6-13(12)26-17;;/h5-6,8,15-16H,3-4,7,10H2,1-2H3,(H2,21,22,23);;/q;2*+1/p-2/t15-,16+;;/m1../s1. The number of amides is 1. The molecule has 2 aliphatic heterocycles. The maximum atomic E-state index is 12.4. The van der Waals surface area contributed by atoms with E-state index in [1.165, 1.54) is 0 Å². The zero-order chi connectivity index (χ0) is 19.8. The zero-order valence-electron chi connectivity index (χ0n) is 16.9. The normalized spacial score (nSPS) is 22.6. The number of carbonyl (C=O) groups is 1. The SMILES string of the molecule is CC1(C)Oc2ccc(C#N)cc2[C@@H](N2CCCC2=O)[C@@H]1OCOP(=O)([O-])[O-].[Na+].[Na+]. The summed E-state index contributed by atoms with van der Waals surface area (Å²) in [6.45, 7) is 3.19. The minimum atomic E-state index is -5.20. The van der Waals surface area contributed by atoms with Crippen LogP contribution < -0.4 is 73.6 Å². The van der Waals surface area contributed by atoms with E-state index in [2.05, 4.69) is 10.6 Å². The van der Waals surface area contributed by atoms with Gasteiger partial charge in [0, 0.05) is 18.5 Å². The molecular formula is C17H19N2Na2O7P. The molecule has 29 heavy (non-hydrogen) atoms. The molecule has 0 saturated carbocycles. The molecule has 0 spiro atoms. The van der Waals surface area contributed by atoms with E-state index in [4.69, 9.17) is 9.47 Å². The fourth-order valence-electron chi connectivity index (χ4n) is 3.58. The molecule has 1 amide bonds. The van der Waals surface area contributed by atoms with Gasteiger partial charge in [-0.2, -0.15) is 5.26 Å². The van der Waals surface area contributed by atoms with Crippen LogP contribution in [0.3, 0.4) is 0 Å². The van der Waals surface area contributed by atoms with Crippen LogP contribution in [-0.2, 0) is 18.6 Å². The summed E-state index contributed by atoms with van der Waals surface area (Å²) in [5.41, 5.74) is 0.0433. The molecule has 0 radical (unpaired) electrons. The van der Waals surface area contributed by atoms with E-state index in [1.54, 1.807) is 36.9 Å². The molecular weight excluding hydrogens is 421 g/mol. The van der Waals surface area contributed by atoms with E-state index in [-0.39, 0.29) is 65.0 Å². The van der Waals surface area contributed by atoms with Crippen molar-refractivity contribution in [2.45, 2.75) is 44.4 Å². The van der Waals surface area contributed by atoms with Crippen molar-refractivity contribution in [3.63, 3.8) is 0 Å². The molecule has 1 aromatic rings. The second-order valence-electron chi connectivity index (χ2n) is 6.99. The monoisotopic (exact) mass is 440 g/mol. The summed E-state index contributed by atoms with van der Waals surface area (Å²) in [5.74, 6) is 0.446. The van der Waals surface area contributed by atoms with Crippen LogP contribution in [0.25, 0.3) is 0 Å². The van der Waals surface area contributed by atoms with E-state index in [1.807, 2.05) is 0 Å². The summed E-state index contributed by atoms with van der Waals surface area (Å²) >= 11 is 0. The third kappa shape index (κ3) is 6.28. The van der Waals surface area contributed by atoms with Crippen molar-refractivity contribution in [2.75, 3.05) is 13.3 Å². The van der Waals surface area contributed by atoms with Gasteiger partial charge < -0.3 is 33.2 Å². The van der Waals surface area contributed by atoms with Gasteiger partial charge in [0.1, 0.15) is 17.5 Å². The quantitative estimate of drug-likeness (QED) is 0.252. The zero-order valence-corrected chi connectivity index (χ0v) is 21.8. The van der Waals surface area contributed by atoms with Crippen molar-refractivity contribution in [3.8, 4) is 11.8 Å². The van der Waals surface area contributed by atoms with Crippen molar-refractivity contribution in [1.82, 2.24) is 4.90 Å². The van der Waals surface area contributed by atoms with Gasteiger partial charge in [0.2, 0.25) is 5.91 Å². The molecule has 0 unspecified atom stereocenters. The fourth-order valence-corrected chi connectivity index (χ4v) is 3.77. The van der Waals surface area contributed by atoms with Gasteiger partial charge in [-0.1, -0.05) is 0 Å². The van der Waals surface area contributed by atoms with Crippen LogP contribution in [0.5, 0.6) is 5.75 Å². The number of hydrogen-bond donors (Lipinski definition) is 0. The summed E-state index contributed by atoms with van der Waals surface area (Å²) in [6, 6.07) is 6.36. The average molecular weight is 440 g/mol. The first-order valence-electron chi connectivity index (χ1n) is 8.43. The van der Waals surface area contributed by atoms with Crippen LogP contribution >= 0.6 is 7.82 Å². The number of ether oxygens (including phenoxy) is 2. The van der Waals surface area contributed by atoms with Gasteiger partial charge >= 0.3 is 59.1 Å². The molecule has 146 valence electrons. The van der Waals surface area contributed by atoms with Crippen LogP contribution in [0, 0.1) is 11.3 Å². The fraction of sp³-hybridized carbons (Fsp3) is 0.529. The number of fused-ring (bicyclic) bond motifs is 1. The minimum Gasteiger partial charge on any atom is -0.790 e. The van der Waals surface area contributed by atoms with Crippen molar-refractivity contribution >= 4 is 13.7 Å². The Balaban J connectivity index is 0.00000210.